The van der Waals surface area contributed by atoms with Gasteiger partial charge < -0.3 is 14.6 Å². The molecule has 1 heterocycles. The monoisotopic (exact) mass is 240 g/mol. The molecule has 0 fully saturated rings. The van der Waals surface area contributed by atoms with E-state index >= 15 is 0 Å². The number of carboxylic acid groups (broad SMARTS) is 1. The molecule has 0 aliphatic rings. The van der Waals surface area contributed by atoms with Crippen LogP contribution < -0.4 is 0 Å². The van der Waals surface area contributed by atoms with Gasteiger partial charge in [-0.15, -0.1) is 0 Å². The number of aliphatic hydroxyl groups excluding tert-OH is 1. The van der Waals surface area contributed by atoms with Gasteiger partial charge in [0.05, 0.1) is 0 Å². The van der Waals surface area contributed by atoms with Gasteiger partial charge in [0.2, 0.25) is 5.76 Å². The summed E-state index contributed by atoms with van der Waals surface area (Å²) >= 11 is 0. The number of furan rings is 1. The molecule has 17 heavy (non-hydrogen) atoms. The zero-order valence-electron chi connectivity index (χ0n) is 10.3. The highest BCUT2D eigenvalue weighted by atomic mass is 16.4. The molecule has 0 aliphatic heterocycles. The number of rotatable bonds is 7. The molecule has 0 saturated carbocycles. The Hall–Kier alpha value is -1.29. The molecule has 1 aromatic heterocycles. The smallest absolute Gasteiger partial charge is 0.371 e. The van der Waals surface area contributed by atoms with Crippen molar-refractivity contribution in [3.8, 4) is 0 Å². The second kappa shape index (κ2) is 6.45. The van der Waals surface area contributed by atoms with Crippen LogP contribution >= 0.6 is 0 Å². The molecule has 1 atom stereocenters. The van der Waals surface area contributed by atoms with Gasteiger partial charge in [-0.1, -0.05) is 26.7 Å². The van der Waals surface area contributed by atoms with Crippen LogP contribution in [0.2, 0.25) is 0 Å². The molecule has 0 amide bonds. The zero-order valence-corrected chi connectivity index (χ0v) is 10.3. The first kappa shape index (κ1) is 13.8. The Kier molecular flexibility index (Phi) is 5.22. The van der Waals surface area contributed by atoms with Gasteiger partial charge in [0.15, 0.2) is 0 Å². The fourth-order valence-corrected chi connectivity index (χ4v) is 2.06. The van der Waals surface area contributed by atoms with Crippen LogP contribution in [0.3, 0.4) is 0 Å². The molecule has 2 N–H and O–H groups in total. The maximum absolute atomic E-state index is 10.7. The lowest BCUT2D eigenvalue weighted by molar-refractivity contribution is 0.0603. The summed E-state index contributed by atoms with van der Waals surface area (Å²) in [5.74, 6) is -0.733. The lowest BCUT2D eigenvalue weighted by Gasteiger charge is -2.20. The summed E-state index contributed by atoms with van der Waals surface area (Å²) in [4.78, 5) is 10.7. The van der Waals surface area contributed by atoms with Crippen molar-refractivity contribution in [2.24, 2.45) is 5.92 Å². The molecule has 1 unspecified atom stereocenters. The molecule has 0 aromatic carbocycles. The summed E-state index contributed by atoms with van der Waals surface area (Å²) in [6, 6.07) is 2.93. The van der Waals surface area contributed by atoms with Gasteiger partial charge in [-0.05, 0) is 30.9 Å². The normalized spacial score (nSPS) is 12.9. The standard InChI is InChI=1S/C13H20O4/c1-3-5-9(6-4-2)12(14)10-7-8-11(17-10)13(15)16/h7-9,12,14H,3-6H2,1-2H3,(H,15,16). The van der Waals surface area contributed by atoms with Gasteiger partial charge in [-0.2, -0.15) is 0 Å². The molecule has 4 heteroatoms. The van der Waals surface area contributed by atoms with E-state index in [1.54, 1.807) is 6.07 Å². The van der Waals surface area contributed by atoms with Gasteiger partial charge in [0.1, 0.15) is 11.9 Å². The van der Waals surface area contributed by atoms with Gasteiger partial charge in [-0.3, -0.25) is 0 Å². The molecule has 0 spiro atoms. The van der Waals surface area contributed by atoms with E-state index in [0.29, 0.717) is 5.76 Å². The van der Waals surface area contributed by atoms with E-state index in [4.69, 9.17) is 9.52 Å². The molecule has 4 nitrogen and oxygen atoms in total. The van der Waals surface area contributed by atoms with Gasteiger partial charge in [0, 0.05) is 0 Å². The van der Waals surface area contributed by atoms with Crippen LogP contribution in [0.4, 0.5) is 0 Å². The Balaban J connectivity index is 2.77. The van der Waals surface area contributed by atoms with E-state index in [1.165, 1.54) is 6.07 Å². The van der Waals surface area contributed by atoms with Crippen LogP contribution in [0.1, 0.15) is 61.9 Å². The number of carboxylic acids is 1. The fraction of sp³-hybridized carbons (Fsp3) is 0.615. The molecule has 0 radical (unpaired) electrons. The first-order chi connectivity index (χ1) is 8.10. The second-order valence-electron chi connectivity index (χ2n) is 4.29. The molecule has 0 aliphatic carbocycles. The van der Waals surface area contributed by atoms with E-state index in [-0.39, 0.29) is 11.7 Å². The highest BCUT2D eigenvalue weighted by Gasteiger charge is 2.23. The summed E-state index contributed by atoms with van der Waals surface area (Å²) in [7, 11) is 0. The topological polar surface area (TPSA) is 70.7 Å². The van der Waals surface area contributed by atoms with Crippen molar-refractivity contribution < 1.29 is 19.4 Å². The van der Waals surface area contributed by atoms with E-state index in [9.17, 15) is 9.90 Å². The van der Waals surface area contributed by atoms with Gasteiger partial charge in [0.25, 0.3) is 0 Å². The number of aromatic carboxylic acids is 1. The second-order valence-corrected chi connectivity index (χ2v) is 4.29. The molecule has 0 saturated heterocycles. The lowest BCUT2D eigenvalue weighted by atomic mass is 9.91. The van der Waals surface area contributed by atoms with Crippen LogP contribution in [0.15, 0.2) is 16.5 Å². The number of aliphatic hydroxyl groups is 1. The quantitative estimate of drug-likeness (QED) is 0.767. The van der Waals surface area contributed by atoms with Crippen molar-refractivity contribution in [2.75, 3.05) is 0 Å². The Bertz CT molecular complexity index is 350. The first-order valence-corrected chi connectivity index (χ1v) is 6.11. The van der Waals surface area contributed by atoms with Gasteiger partial charge >= 0.3 is 5.97 Å². The average molecular weight is 240 g/mol. The zero-order chi connectivity index (χ0) is 12.8. The minimum Gasteiger partial charge on any atom is -0.475 e. The largest absolute Gasteiger partial charge is 0.475 e. The number of carbonyl (C=O) groups is 1. The number of hydrogen-bond donors (Lipinski definition) is 2. The molecule has 1 aromatic rings. The van der Waals surface area contributed by atoms with E-state index in [1.807, 2.05) is 0 Å². The fourth-order valence-electron chi connectivity index (χ4n) is 2.06. The van der Waals surface area contributed by atoms with Crippen molar-refractivity contribution in [3.63, 3.8) is 0 Å². The van der Waals surface area contributed by atoms with Crippen molar-refractivity contribution in [2.45, 2.75) is 45.6 Å². The van der Waals surface area contributed by atoms with Crippen molar-refractivity contribution in [3.05, 3.63) is 23.7 Å². The van der Waals surface area contributed by atoms with Crippen molar-refractivity contribution >= 4 is 5.97 Å². The maximum Gasteiger partial charge on any atom is 0.371 e. The predicted octanol–water partition coefficient (Wildman–Crippen LogP) is 3.23. The molecule has 96 valence electrons. The molecule has 1 rings (SSSR count). The molecular weight excluding hydrogens is 220 g/mol. The summed E-state index contributed by atoms with van der Waals surface area (Å²) in [5, 5.41) is 18.9. The molecular formula is C13H20O4. The third-order valence-corrected chi connectivity index (χ3v) is 2.89. The Morgan fingerprint density at radius 3 is 2.29 bits per heavy atom. The number of hydrogen-bond acceptors (Lipinski definition) is 3. The minimum absolute atomic E-state index is 0.120. The Labute approximate surface area is 101 Å². The third-order valence-electron chi connectivity index (χ3n) is 2.89. The summed E-state index contributed by atoms with van der Waals surface area (Å²) in [6.45, 7) is 4.14. The predicted molar refractivity (Wildman–Crippen MR) is 63.9 cm³/mol. The first-order valence-electron chi connectivity index (χ1n) is 6.11. The third kappa shape index (κ3) is 3.60. The highest BCUT2D eigenvalue weighted by Crippen LogP contribution is 2.30. The maximum atomic E-state index is 10.7. The van der Waals surface area contributed by atoms with Crippen molar-refractivity contribution in [1.29, 1.82) is 0 Å². The summed E-state index contributed by atoms with van der Waals surface area (Å²) < 4.78 is 5.13. The highest BCUT2D eigenvalue weighted by molar-refractivity contribution is 5.84. The van der Waals surface area contributed by atoms with Crippen LogP contribution in [0.25, 0.3) is 0 Å². The molecule has 0 bridgehead atoms. The van der Waals surface area contributed by atoms with Crippen LogP contribution in [-0.4, -0.2) is 16.2 Å². The van der Waals surface area contributed by atoms with Gasteiger partial charge in [-0.25, -0.2) is 4.79 Å². The Morgan fingerprint density at radius 2 is 1.88 bits per heavy atom. The van der Waals surface area contributed by atoms with E-state index in [2.05, 4.69) is 13.8 Å². The Morgan fingerprint density at radius 1 is 1.29 bits per heavy atom. The van der Waals surface area contributed by atoms with Crippen LogP contribution in [0.5, 0.6) is 0 Å². The van der Waals surface area contributed by atoms with Crippen LogP contribution in [-0.2, 0) is 0 Å². The average Bonchev–Trinajstić information content (AvgIpc) is 2.77. The van der Waals surface area contributed by atoms with E-state index < -0.39 is 12.1 Å². The van der Waals surface area contributed by atoms with Crippen LogP contribution in [0, 0.1) is 5.92 Å². The SMILES string of the molecule is CCCC(CCC)C(O)c1ccc(C(=O)O)o1. The van der Waals surface area contributed by atoms with Crippen molar-refractivity contribution in [1.82, 2.24) is 0 Å². The summed E-state index contributed by atoms with van der Waals surface area (Å²) in [6.07, 6.45) is 3.11. The van der Waals surface area contributed by atoms with E-state index in [0.717, 1.165) is 25.7 Å². The minimum atomic E-state index is -1.11. The lowest BCUT2D eigenvalue weighted by Crippen LogP contribution is -2.12. The summed E-state index contributed by atoms with van der Waals surface area (Å²) in [5.41, 5.74) is 0.